The largest absolute Gasteiger partial charge is 0.494 e. The summed E-state index contributed by atoms with van der Waals surface area (Å²) in [6.45, 7) is 11.9. The molecule has 1 atom stereocenters. The van der Waals surface area contributed by atoms with Gasteiger partial charge in [-0.25, -0.2) is 4.79 Å². The Bertz CT molecular complexity index is 2040. The Labute approximate surface area is 290 Å². The number of fused-ring (bicyclic) bond motifs is 3. The lowest BCUT2D eigenvalue weighted by molar-refractivity contribution is 0.0692. The highest BCUT2D eigenvalue weighted by Gasteiger charge is 2.33. The fourth-order valence-corrected chi connectivity index (χ4v) is 7.29. The smallest absolute Gasteiger partial charge is 0.337 e. The maximum absolute atomic E-state index is 14.7. The summed E-state index contributed by atoms with van der Waals surface area (Å²) < 4.78 is 10.2. The van der Waals surface area contributed by atoms with Crippen molar-refractivity contribution in [3.8, 4) is 16.9 Å². The van der Waals surface area contributed by atoms with Crippen molar-refractivity contribution >= 4 is 46.0 Å². The average Bonchev–Trinajstić information content (AvgIpc) is 3.43. The molecule has 9 nitrogen and oxygen atoms in total. The number of hydrogen-bond acceptors (Lipinski definition) is 5. The topological polar surface area (TPSA) is 102 Å². The molecule has 1 unspecified atom stereocenters. The summed E-state index contributed by atoms with van der Waals surface area (Å²) >= 11 is 13.4. The summed E-state index contributed by atoms with van der Waals surface area (Å²) in [4.78, 5) is 32.3. The molecule has 0 saturated carbocycles. The second kappa shape index (κ2) is 13.3. The first-order chi connectivity index (χ1) is 22.8. The van der Waals surface area contributed by atoms with Crippen LogP contribution in [0.3, 0.4) is 0 Å². The van der Waals surface area contributed by atoms with Gasteiger partial charge in [-0.3, -0.25) is 14.5 Å². The van der Waals surface area contributed by atoms with E-state index in [9.17, 15) is 14.7 Å². The molecule has 250 valence electrons. The molecule has 5 aromatic rings. The fourth-order valence-electron chi connectivity index (χ4n) is 6.93. The van der Waals surface area contributed by atoms with Gasteiger partial charge in [0, 0.05) is 53.6 Å². The first-order valence-electron chi connectivity index (χ1n) is 16.1. The zero-order chi connectivity index (χ0) is 34.4. The number of carboxylic acid groups (broad SMARTS) is 1. The number of carboxylic acids is 1. The highest BCUT2D eigenvalue weighted by Crippen LogP contribution is 2.43. The van der Waals surface area contributed by atoms with Gasteiger partial charge in [-0.05, 0) is 93.5 Å². The van der Waals surface area contributed by atoms with Gasteiger partial charge in [-0.1, -0.05) is 36.2 Å². The molecular formula is C37H39Cl2N5O4. The number of carbonyl (C=O) groups is 2. The predicted octanol–water partition coefficient (Wildman–Crippen LogP) is 7.98. The van der Waals surface area contributed by atoms with Gasteiger partial charge in [0.05, 0.1) is 40.6 Å². The maximum Gasteiger partial charge on any atom is 0.337 e. The van der Waals surface area contributed by atoms with Crippen LogP contribution in [0.1, 0.15) is 68.0 Å². The van der Waals surface area contributed by atoms with Crippen molar-refractivity contribution in [2.45, 2.75) is 60.5 Å². The van der Waals surface area contributed by atoms with Crippen molar-refractivity contribution in [2.24, 2.45) is 13.0 Å². The minimum Gasteiger partial charge on any atom is -0.494 e. The Morgan fingerprint density at radius 2 is 1.77 bits per heavy atom. The molecule has 2 aromatic carbocycles. The minimum absolute atomic E-state index is 0.0961. The van der Waals surface area contributed by atoms with Gasteiger partial charge < -0.3 is 19.3 Å². The second-order valence-electron chi connectivity index (χ2n) is 12.9. The zero-order valence-electron chi connectivity index (χ0n) is 28.0. The van der Waals surface area contributed by atoms with Gasteiger partial charge in [0.15, 0.2) is 0 Å². The van der Waals surface area contributed by atoms with Crippen LogP contribution >= 0.6 is 23.2 Å². The number of amides is 1. The van der Waals surface area contributed by atoms with Crippen LogP contribution < -0.4 is 4.74 Å². The number of pyridine rings is 1. The van der Waals surface area contributed by atoms with E-state index < -0.39 is 5.97 Å². The summed E-state index contributed by atoms with van der Waals surface area (Å²) in [6.07, 6.45) is 2.62. The number of nitrogens with zero attached hydrogens (tertiary/aromatic N) is 5. The fraction of sp³-hybridized carbons (Fsp3) is 0.351. The predicted molar refractivity (Wildman–Crippen MR) is 188 cm³/mol. The molecule has 0 bridgehead atoms. The van der Waals surface area contributed by atoms with Gasteiger partial charge >= 0.3 is 5.97 Å². The number of aryl methyl sites for hydroxylation is 5. The first kappa shape index (κ1) is 33.6. The Hall–Kier alpha value is -4.34. The van der Waals surface area contributed by atoms with Crippen molar-refractivity contribution in [1.29, 1.82) is 0 Å². The Morgan fingerprint density at radius 3 is 2.40 bits per heavy atom. The van der Waals surface area contributed by atoms with Gasteiger partial charge in [0.25, 0.3) is 5.91 Å². The number of halogens is 2. The molecule has 0 aliphatic carbocycles. The number of hydrogen-bond donors (Lipinski definition) is 1. The van der Waals surface area contributed by atoms with Crippen LogP contribution in [0.15, 0.2) is 42.6 Å². The third-order valence-electron chi connectivity index (χ3n) is 9.23. The first-order valence-corrected chi connectivity index (χ1v) is 16.8. The summed E-state index contributed by atoms with van der Waals surface area (Å²) in [5.41, 5.74) is 8.90. The van der Waals surface area contributed by atoms with Gasteiger partial charge in [0.1, 0.15) is 11.4 Å². The van der Waals surface area contributed by atoms with Gasteiger partial charge in [0.2, 0.25) is 0 Å². The zero-order valence-corrected chi connectivity index (χ0v) is 29.5. The van der Waals surface area contributed by atoms with Crippen LogP contribution in [-0.4, -0.2) is 54.4 Å². The average molecular weight is 689 g/mol. The Kier molecular flexibility index (Phi) is 9.29. The van der Waals surface area contributed by atoms with E-state index in [-0.39, 0.29) is 23.9 Å². The normalized spacial score (nSPS) is 14.8. The van der Waals surface area contributed by atoms with Gasteiger partial charge in [-0.15, -0.1) is 0 Å². The molecule has 1 N–H and O–H groups in total. The highest BCUT2D eigenvalue weighted by molar-refractivity contribution is 6.35. The van der Waals surface area contributed by atoms with E-state index in [1.165, 1.54) is 12.3 Å². The van der Waals surface area contributed by atoms with E-state index in [4.69, 9.17) is 33.0 Å². The minimum atomic E-state index is -1.04. The summed E-state index contributed by atoms with van der Waals surface area (Å²) in [7, 11) is 1.92. The summed E-state index contributed by atoms with van der Waals surface area (Å²) in [5, 5.41) is 16.4. The second-order valence-corrected chi connectivity index (χ2v) is 13.7. The van der Waals surface area contributed by atoms with Crippen LogP contribution in [-0.2, 0) is 26.6 Å². The molecule has 1 amide bonds. The van der Waals surface area contributed by atoms with Crippen molar-refractivity contribution < 1.29 is 19.4 Å². The van der Waals surface area contributed by atoms with E-state index in [0.29, 0.717) is 48.9 Å². The third-order valence-corrected chi connectivity index (χ3v) is 10.1. The lowest BCUT2D eigenvalue weighted by Crippen LogP contribution is -2.33. The van der Waals surface area contributed by atoms with Crippen LogP contribution in [0.4, 0.5) is 0 Å². The number of rotatable bonds is 9. The number of aromatic nitrogens is 4. The van der Waals surface area contributed by atoms with E-state index in [1.807, 2.05) is 68.6 Å². The molecule has 0 saturated heterocycles. The molecule has 3 aromatic heterocycles. The molecule has 0 radical (unpaired) electrons. The molecular weight excluding hydrogens is 649 g/mol. The monoisotopic (exact) mass is 687 g/mol. The molecule has 48 heavy (non-hydrogen) atoms. The molecule has 0 fully saturated rings. The van der Waals surface area contributed by atoms with Crippen molar-refractivity contribution in [1.82, 2.24) is 24.2 Å². The maximum atomic E-state index is 14.7. The third kappa shape index (κ3) is 6.17. The molecule has 0 spiro atoms. The van der Waals surface area contributed by atoms with E-state index in [0.717, 1.165) is 60.9 Å². The van der Waals surface area contributed by atoms with Crippen molar-refractivity contribution in [3.05, 3.63) is 97.7 Å². The Balaban J connectivity index is 1.44. The number of aromatic carboxylic acids is 1. The van der Waals surface area contributed by atoms with E-state index in [2.05, 4.69) is 16.5 Å². The lowest BCUT2D eigenvalue weighted by Gasteiger charge is -2.23. The SMILES string of the molecule is Cc1cc(OCCCc2c3n(c4c(-c5c(C)nn(C)c5C)c(Cl)ccc24)CC(C)CN(Cc2ccc(C(=O)O)cn2)C3=O)cc(C)c1Cl. The standard InChI is InChI=1S/C37H39Cl2N5O4/c1-20-17-43(19-26-10-9-25(16-40-26)37(46)47)36(45)35-28(8-7-13-48-27-14-21(2)33(39)22(3)15-27)29-11-12-30(38)32(34(29)44(35)18-20)31-23(4)41-42(6)24(31)5/h9-12,14-16,20H,7-8,13,17-19H2,1-6H3,(H,46,47). The Morgan fingerprint density at radius 1 is 1.04 bits per heavy atom. The summed E-state index contributed by atoms with van der Waals surface area (Å²) in [6, 6.07) is 11.0. The lowest BCUT2D eigenvalue weighted by atomic mass is 9.98. The van der Waals surface area contributed by atoms with Crippen LogP contribution in [0.2, 0.25) is 10.0 Å². The van der Waals surface area contributed by atoms with E-state index >= 15 is 0 Å². The molecule has 1 aliphatic heterocycles. The van der Waals surface area contributed by atoms with Crippen LogP contribution in [0.25, 0.3) is 22.0 Å². The van der Waals surface area contributed by atoms with Crippen LogP contribution in [0, 0.1) is 33.6 Å². The van der Waals surface area contributed by atoms with Crippen molar-refractivity contribution in [2.75, 3.05) is 13.2 Å². The quantitative estimate of drug-likeness (QED) is 0.158. The molecule has 4 heterocycles. The molecule has 6 rings (SSSR count). The molecule has 11 heteroatoms. The number of carbonyl (C=O) groups excluding carboxylic acids is 1. The van der Waals surface area contributed by atoms with Crippen LogP contribution in [0.5, 0.6) is 5.75 Å². The van der Waals surface area contributed by atoms with E-state index in [1.54, 1.807) is 6.07 Å². The van der Waals surface area contributed by atoms with Gasteiger partial charge in [-0.2, -0.15) is 5.10 Å². The summed E-state index contributed by atoms with van der Waals surface area (Å²) in [5.74, 6) is -0.258. The number of ether oxygens (including phenoxy) is 1. The highest BCUT2D eigenvalue weighted by atomic mass is 35.5. The molecule has 1 aliphatic rings. The number of benzene rings is 2. The van der Waals surface area contributed by atoms with Crippen molar-refractivity contribution in [3.63, 3.8) is 0 Å².